The van der Waals surface area contributed by atoms with Crippen molar-refractivity contribution in [2.24, 2.45) is 0 Å². The van der Waals surface area contributed by atoms with Crippen LogP contribution in [0.25, 0.3) is 0 Å². The van der Waals surface area contributed by atoms with E-state index in [1.54, 1.807) is 23.9 Å². The molecule has 3 saturated heterocycles. The maximum absolute atomic E-state index is 13.3. The first-order valence-electron chi connectivity index (χ1n) is 20.6. The van der Waals surface area contributed by atoms with Crippen molar-refractivity contribution >= 4 is 49.0 Å². The average molecular weight is 877 g/mol. The number of imide groups is 1. The van der Waals surface area contributed by atoms with Gasteiger partial charge in [-0.3, -0.25) is 28.6 Å². The van der Waals surface area contributed by atoms with Gasteiger partial charge in [0.25, 0.3) is 11.8 Å². The zero-order chi connectivity index (χ0) is 43.6. The highest BCUT2D eigenvalue weighted by molar-refractivity contribution is 8.00. The second kappa shape index (κ2) is 21.3. The molecule has 1 aromatic rings. The summed E-state index contributed by atoms with van der Waals surface area (Å²) in [6.45, 7) is 8.18. The van der Waals surface area contributed by atoms with Gasteiger partial charge in [0, 0.05) is 74.1 Å². The maximum atomic E-state index is 13.3. The van der Waals surface area contributed by atoms with E-state index in [9.17, 15) is 38.5 Å². The quantitative estimate of drug-likeness (QED) is 0.0508. The maximum Gasteiger partial charge on any atom is 0.325 e. The number of aliphatic hydroxyl groups excluding tert-OH is 1. The third-order valence-corrected chi connectivity index (χ3v) is 13.2. The van der Waals surface area contributed by atoms with Crippen LogP contribution in [0.1, 0.15) is 94.5 Å². The third-order valence-electron chi connectivity index (χ3n) is 11.0. The molecule has 6 N–H and O–H groups in total. The number of fused-ring (bicyclic) bond motifs is 1. The van der Waals surface area contributed by atoms with E-state index in [2.05, 4.69) is 42.0 Å². The lowest BCUT2D eigenvalue weighted by molar-refractivity contribution is -0.136. The zero-order valence-electron chi connectivity index (χ0n) is 35.1. The molecule has 19 heteroatoms. The predicted octanol–water partition coefficient (Wildman–Crippen LogP) is 3.46. The Morgan fingerprint density at radius 2 is 1.73 bits per heavy atom. The van der Waals surface area contributed by atoms with Crippen LogP contribution in [0.4, 0.5) is 4.79 Å². The predicted molar refractivity (Wildman–Crippen MR) is 226 cm³/mol. The molecule has 4 aliphatic heterocycles. The smallest absolute Gasteiger partial charge is 0.325 e. The number of amides is 6. The van der Waals surface area contributed by atoms with Gasteiger partial charge in [0.2, 0.25) is 18.2 Å². The number of hydrogen-bond acceptors (Lipinski definition) is 12. The highest BCUT2D eigenvalue weighted by atomic mass is 32.2. The largest absolute Gasteiger partial charge is 0.378 e. The molecule has 0 radical (unpaired) electrons. The van der Waals surface area contributed by atoms with Crippen LogP contribution in [0, 0.1) is 0 Å². The number of benzene rings is 1. The van der Waals surface area contributed by atoms with E-state index >= 15 is 0 Å². The van der Waals surface area contributed by atoms with Gasteiger partial charge >= 0.3 is 13.6 Å². The van der Waals surface area contributed by atoms with Gasteiger partial charge in [-0.05, 0) is 54.9 Å². The van der Waals surface area contributed by atoms with Crippen LogP contribution < -0.4 is 21.3 Å². The Balaban J connectivity index is 0.916. The Labute approximate surface area is 356 Å². The number of thioether (sulfide) groups is 1. The molecular formula is C41H61N6O11PS. The molecule has 8 atom stereocenters. The summed E-state index contributed by atoms with van der Waals surface area (Å²) in [6, 6.07) is 6.88. The second-order valence-corrected chi connectivity index (χ2v) is 19.8. The Hall–Kier alpha value is -3.77. The van der Waals surface area contributed by atoms with Crippen molar-refractivity contribution in [2.75, 3.05) is 39.2 Å². The topological polar surface area (TPSA) is 225 Å². The lowest BCUT2D eigenvalue weighted by Crippen LogP contribution is -2.49. The number of carbonyl (C=O) groups is 5. The monoisotopic (exact) mass is 876 g/mol. The van der Waals surface area contributed by atoms with Crippen LogP contribution in [0.3, 0.4) is 0 Å². The van der Waals surface area contributed by atoms with Crippen molar-refractivity contribution in [1.82, 2.24) is 31.1 Å². The molecule has 4 heterocycles. The molecule has 0 aromatic heterocycles. The Bertz CT molecular complexity index is 1800. The Morgan fingerprint density at radius 3 is 2.40 bits per heavy atom. The van der Waals surface area contributed by atoms with Crippen LogP contribution in [-0.4, -0.2) is 131 Å². The number of ether oxygens (including phenoxy) is 2. The van der Waals surface area contributed by atoms with Gasteiger partial charge < -0.3 is 50.2 Å². The summed E-state index contributed by atoms with van der Waals surface area (Å²) in [5.41, 5.74) is 1.63. The Morgan fingerprint density at radius 1 is 1.03 bits per heavy atom. The minimum atomic E-state index is -3.74. The summed E-state index contributed by atoms with van der Waals surface area (Å²) < 4.78 is 27.9. The number of rotatable bonds is 19. The van der Waals surface area contributed by atoms with Gasteiger partial charge in [0.05, 0.1) is 24.8 Å². The first kappa shape index (κ1) is 47.3. The van der Waals surface area contributed by atoms with Crippen LogP contribution >= 0.6 is 19.4 Å². The van der Waals surface area contributed by atoms with E-state index in [1.807, 2.05) is 12.1 Å². The minimum Gasteiger partial charge on any atom is -0.378 e. The lowest BCUT2D eigenvalue weighted by atomic mass is 9.86. The summed E-state index contributed by atoms with van der Waals surface area (Å²) in [6.07, 6.45) is 6.94. The van der Waals surface area contributed by atoms with E-state index in [0.29, 0.717) is 37.2 Å². The van der Waals surface area contributed by atoms with Crippen LogP contribution in [0.2, 0.25) is 0 Å². The molecule has 0 aliphatic carbocycles. The van der Waals surface area contributed by atoms with E-state index in [0.717, 1.165) is 56.8 Å². The normalized spacial score (nSPS) is 27.0. The van der Waals surface area contributed by atoms with Gasteiger partial charge in [0.1, 0.15) is 12.3 Å². The fourth-order valence-corrected chi connectivity index (χ4v) is 9.65. The molecular weight excluding hydrogens is 816 g/mol. The zero-order valence-corrected chi connectivity index (χ0v) is 36.8. The highest BCUT2D eigenvalue weighted by Crippen LogP contribution is 2.39. The summed E-state index contributed by atoms with van der Waals surface area (Å²) in [5, 5.41) is 22.1. The minimum absolute atomic E-state index is 0.00347. The number of nitrogens with zero attached hydrogens (tertiary/aromatic N) is 2. The number of nitrogens with one attached hydrogen (secondary N) is 4. The molecule has 3 fully saturated rings. The summed E-state index contributed by atoms with van der Waals surface area (Å²) in [5.74, 6) is -0.691. The van der Waals surface area contributed by atoms with Gasteiger partial charge in [-0.15, -0.1) is 0 Å². The van der Waals surface area contributed by atoms with Crippen LogP contribution in [-0.2, 0) is 38.4 Å². The standard InChI is InChI=1S/C41H61N6O11PS/c1-41(2,3)28-16-14-26(15-17-28)38(51)47-29-25-60-32(36(29)44-40(47)53)12-8-9-13-33(48)42-19-10-6-7-11-20-43-34(49)22-27-18-21-46(39(52)45-37(27)50)35-23-30(56-4)31(58-35)24-57-59(5,54)55/h14-18,21-22,29-32,35-36,39,52H,6-13,19-20,23-25H2,1-5H3,(H,42,48)(H,43,49)(H,44,53)(H,45,50)(H,54,55)/b27-22-/t29?,30?,31-,32?,35-,36?,39?/m1/s1. The molecule has 6 unspecified atom stereocenters. The summed E-state index contributed by atoms with van der Waals surface area (Å²) in [4.78, 5) is 76.2. The fourth-order valence-electron chi connectivity index (χ4n) is 7.64. The van der Waals surface area contributed by atoms with Gasteiger partial charge in [-0.1, -0.05) is 52.2 Å². The number of unbranched alkanes of at least 4 members (excludes halogenated alkanes) is 4. The van der Waals surface area contributed by atoms with Crippen LogP contribution in [0.15, 0.2) is 48.2 Å². The van der Waals surface area contributed by atoms with Gasteiger partial charge in [-0.25, -0.2) is 4.79 Å². The molecule has 60 heavy (non-hydrogen) atoms. The molecule has 0 spiro atoms. The molecule has 4 aliphatic rings. The van der Waals surface area contributed by atoms with Crippen molar-refractivity contribution in [3.8, 4) is 0 Å². The van der Waals surface area contributed by atoms with Gasteiger partial charge in [0.15, 0.2) is 0 Å². The first-order valence-corrected chi connectivity index (χ1v) is 23.7. The fraction of sp³-hybridized carbons (Fsp3) is 0.634. The number of carbonyl (C=O) groups excluding carboxylic acids is 5. The van der Waals surface area contributed by atoms with Crippen molar-refractivity contribution in [3.63, 3.8) is 0 Å². The first-order chi connectivity index (χ1) is 28.4. The summed E-state index contributed by atoms with van der Waals surface area (Å²) in [7, 11) is -2.27. The number of aliphatic hydroxyl groups is 1. The van der Waals surface area contributed by atoms with E-state index in [4.69, 9.17) is 14.0 Å². The Kier molecular flexibility index (Phi) is 16.8. The highest BCUT2D eigenvalue weighted by Gasteiger charge is 2.50. The van der Waals surface area contributed by atoms with E-state index in [-0.39, 0.29) is 59.2 Å². The average Bonchev–Trinajstić information content (AvgIpc) is 3.85. The van der Waals surface area contributed by atoms with Crippen molar-refractivity contribution in [1.29, 1.82) is 0 Å². The molecule has 0 bridgehead atoms. The van der Waals surface area contributed by atoms with Crippen molar-refractivity contribution in [3.05, 3.63) is 59.3 Å². The second-order valence-electron chi connectivity index (χ2n) is 16.7. The molecule has 17 nitrogen and oxygen atoms in total. The number of hydrogen-bond donors (Lipinski definition) is 6. The molecule has 0 saturated carbocycles. The van der Waals surface area contributed by atoms with E-state index < -0.39 is 44.2 Å². The third kappa shape index (κ3) is 13.1. The number of urea groups is 1. The molecule has 332 valence electrons. The van der Waals surface area contributed by atoms with Crippen molar-refractivity contribution in [2.45, 2.75) is 126 Å². The molecule has 6 amide bonds. The lowest BCUT2D eigenvalue weighted by Gasteiger charge is -2.30. The molecule has 1 aromatic carbocycles. The summed E-state index contributed by atoms with van der Waals surface area (Å²) >= 11 is 1.77. The van der Waals surface area contributed by atoms with Crippen LogP contribution in [0.5, 0.6) is 0 Å². The number of methoxy groups -OCH3 is 1. The van der Waals surface area contributed by atoms with Crippen molar-refractivity contribution < 1.29 is 52.5 Å². The SMILES string of the molecule is COC1C[C@H](N2C=C/C(=C/C(=O)NCCCCCCNC(=O)CCCCC3SCC4C3NC(=O)N4C(=O)c3ccc(C(C)(C)C)cc3)C(=O)NC2O)O[C@@H]1COP(C)(=O)O. The van der Waals surface area contributed by atoms with E-state index in [1.165, 1.54) is 29.2 Å². The van der Waals surface area contributed by atoms with Gasteiger partial charge in [-0.2, -0.15) is 11.8 Å². The molecule has 5 rings (SSSR count).